The van der Waals surface area contributed by atoms with E-state index in [0.29, 0.717) is 11.8 Å². The monoisotopic (exact) mass is 354 g/mol. The Morgan fingerprint density at radius 2 is 1.92 bits per heavy atom. The first-order valence-corrected chi connectivity index (χ1v) is 10.2. The summed E-state index contributed by atoms with van der Waals surface area (Å²) in [6.45, 7) is 14.5. The first kappa shape index (κ1) is 20.8. The number of hydrogen-bond donors (Lipinski definition) is 2. The van der Waals surface area contributed by atoms with Gasteiger partial charge >= 0.3 is 0 Å². The van der Waals surface area contributed by atoms with Crippen LogP contribution >= 0.6 is 11.8 Å². The van der Waals surface area contributed by atoms with Crippen LogP contribution in [0.4, 0.5) is 0 Å². The lowest BCUT2D eigenvalue weighted by molar-refractivity contribution is 0.477. The van der Waals surface area contributed by atoms with Gasteiger partial charge in [0.1, 0.15) is 5.82 Å². The van der Waals surface area contributed by atoms with Gasteiger partial charge in [-0.2, -0.15) is 0 Å². The molecule has 24 heavy (non-hydrogen) atoms. The molecule has 6 nitrogen and oxygen atoms in total. The number of nitrogens with one attached hydrogen (secondary N) is 2. The summed E-state index contributed by atoms with van der Waals surface area (Å²) in [5.41, 5.74) is 0. The Hall–Kier alpha value is -1.24. The molecular formula is C17H34N6S. The Bertz CT molecular complexity index is 495. The van der Waals surface area contributed by atoms with Gasteiger partial charge in [-0.3, -0.25) is 4.99 Å². The van der Waals surface area contributed by atoms with Gasteiger partial charge in [-0.15, -0.1) is 10.2 Å². The lowest BCUT2D eigenvalue weighted by atomic mass is 10.2. The predicted octanol–water partition coefficient (Wildman–Crippen LogP) is 2.80. The van der Waals surface area contributed by atoms with Gasteiger partial charge in [0.25, 0.3) is 0 Å². The number of hydrogen-bond acceptors (Lipinski definition) is 4. The largest absolute Gasteiger partial charge is 0.357 e. The van der Waals surface area contributed by atoms with E-state index in [2.05, 4.69) is 71.3 Å². The Morgan fingerprint density at radius 3 is 2.50 bits per heavy atom. The molecule has 1 aromatic rings. The third-order valence-corrected chi connectivity index (χ3v) is 4.02. The van der Waals surface area contributed by atoms with E-state index in [9.17, 15) is 0 Å². The number of aromatic nitrogens is 3. The van der Waals surface area contributed by atoms with Gasteiger partial charge in [-0.05, 0) is 31.4 Å². The molecule has 0 amide bonds. The molecule has 0 aromatic carbocycles. The Labute approximate surface area is 151 Å². The molecule has 1 rings (SSSR count). The van der Waals surface area contributed by atoms with E-state index in [-0.39, 0.29) is 0 Å². The van der Waals surface area contributed by atoms with Gasteiger partial charge in [-0.1, -0.05) is 39.5 Å². The maximum absolute atomic E-state index is 4.59. The van der Waals surface area contributed by atoms with E-state index in [1.165, 1.54) is 0 Å². The van der Waals surface area contributed by atoms with Gasteiger partial charge in [0, 0.05) is 32.6 Å². The number of guanidine groups is 1. The van der Waals surface area contributed by atoms with Crippen molar-refractivity contribution in [2.24, 2.45) is 16.8 Å². The van der Waals surface area contributed by atoms with Crippen LogP contribution in [-0.4, -0.2) is 46.6 Å². The summed E-state index contributed by atoms with van der Waals surface area (Å²) >= 11 is 1.66. The van der Waals surface area contributed by atoms with Gasteiger partial charge < -0.3 is 15.2 Å². The summed E-state index contributed by atoms with van der Waals surface area (Å²) in [6.07, 6.45) is 3.99. The third kappa shape index (κ3) is 7.55. The maximum atomic E-state index is 4.59. The molecule has 1 heterocycles. The van der Waals surface area contributed by atoms with Crippen LogP contribution in [0, 0.1) is 11.8 Å². The van der Waals surface area contributed by atoms with E-state index < -0.39 is 0 Å². The van der Waals surface area contributed by atoms with Crippen molar-refractivity contribution in [3.8, 4) is 0 Å². The molecular weight excluding hydrogens is 320 g/mol. The Balaban J connectivity index is 2.51. The van der Waals surface area contributed by atoms with Crippen molar-refractivity contribution in [2.45, 2.75) is 59.2 Å². The summed E-state index contributed by atoms with van der Waals surface area (Å²) in [5, 5.41) is 16.4. The highest BCUT2D eigenvalue weighted by Gasteiger charge is 2.12. The van der Waals surface area contributed by atoms with Crippen LogP contribution in [-0.2, 0) is 13.0 Å². The SMILES string of the molecule is CCNC(=NCC(C)C)NCCCc1nnc(SC)n1CC(C)C. The lowest BCUT2D eigenvalue weighted by Crippen LogP contribution is -2.38. The van der Waals surface area contributed by atoms with Gasteiger partial charge in [0.2, 0.25) is 0 Å². The van der Waals surface area contributed by atoms with Crippen molar-refractivity contribution in [3.63, 3.8) is 0 Å². The molecule has 0 fully saturated rings. The minimum absolute atomic E-state index is 0.569. The zero-order valence-corrected chi connectivity index (χ0v) is 16.9. The molecule has 0 saturated carbocycles. The summed E-state index contributed by atoms with van der Waals surface area (Å²) in [5.74, 6) is 3.14. The van der Waals surface area contributed by atoms with Gasteiger partial charge in [0.15, 0.2) is 11.1 Å². The molecule has 0 aliphatic carbocycles. The highest BCUT2D eigenvalue weighted by molar-refractivity contribution is 7.98. The van der Waals surface area contributed by atoms with Crippen LogP contribution in [0.15, 0.2) is 10.1 Å². The first-order valence-electron chi connectivity index (χ1n) is 8.96. The predicted molar refractivity (Wildman–Crippen MR) is 104 cm³/mol. The second-order valence-corrected chi connectivity index (χ2v) is 7.52. The number of rotatable bonds is 10. The minimum Gasteiger partial charge on any atom is -0.357 e. The molecule has 0 atom stereocenters. The third-order valence-electron chi connectivity index (χ3n) is 3.35. The summed E-state index contributed by atoms with van der Waals surface area (Å²) in [4.78, 5) is 4.59. The molecule has 7 heteroatoms. The lowest BCUT2D eigenvalue weighted by Gasteiger charge is -2.13. The fourth-order valence-corrected chi connectivity index (χ4v) is 2.80. The minimum atomic E-state index is 0.569. The summed E-state index contributed by atoms with van der Waals surface area (Å²) in [6, 6.07) is 0. The fourth-order valence-electron chi connectivity index (χ4n) is 2.27. The van der Waals surface area contributed by atoms with Crippen molar-refractivity contribution in [1.29, 1.82) is 0 Å². The fraction of sp³-hybridized carbons (Fsp3) is 0.824. The normalized spacial score (nSPS) is 12.2. The van der Waals surface area contributed by atoms with Gasteiger partial charge in [0.05, 0.1) is 0 Å². The molecule has 138 valence electrons. The molecule has 0 aliphatic heterocycles. The zero-order valence-electron chi connectivity index (χ0n) is 16.1. The van der Waals surface area contributed by atoms with Crippen LogP contribution in [0.2, 0.25) is 0 Å². The van der Waals surface area contributed by atoms with E-state index in [0.717, 1.165) is 56.0 Å². The molecule has 0 radical (unpaired) electrons. The van der Waals surface area contributed by atoms with E-state index in [4.69, 9.17) is 0 Å². The first-order chi connectivity index (χ1) is 11.5. The smallest absolute Gasteiger partial charge is 0.191 e. The van der Waals surface area contributed by atoms with E-state index in [1.807, 2.05) is 0 Å². The molecule has 0 aliphatic rings. The molecule has 0 saturated heterocycles. The summed E-state index contributed by atoms with van der Waals surface area (Å²) in [7, 11) is 0. The topological polar surface area (TPSA) is 67.1 Å². The van der Waals surface area contributed by atoms with E-state index in [1.54, 1.807) is 11.8 Å². The maximum Gasteiger partial charge on any atom is 0.191 e. The molecule has 0 spiro atoms. The highest BCUT2D eigenvalue weighted by Crippen LogP contribution is 2.16. The van der Waals surface area contributed by atoms with E-state index >= 15 is 0 Å². The van der Waals surface area contributed by atoms with Crippen LogP contribution < -0.4 is 10.6 Å². The quantitative estimate of drug-likeness (QED) is 0.293. The average molecular weight is 355 g/mol. The number of nitrogens with zero attached hydrogens (tertiary/aromatic N) is 4. The van der Waals surface area contributed by atoms with Crippen LogP contribution in [0.1, 0.15) is 46.9 Å². The highest BCUT2D eigenvalue weighted by atomic mass is 32.2. The van der Waals surface area contributed by atoms with Crippen LogP contribution in [0.3, 0.4) is 0 Å². The number of thioether (sulfide) groups is 1. The average Bonchev–Trinajstić information content (AvgIpc) is 2.90. The Morgan fingerprint density at radius 1 is 1.17 bits per heavy atom. The molecule has 0 unspecified atom stereocenters. The Kier molecular flexibility index (Phi) is 9.83. The standard InChI is InChI=1S/C17H34N6S/c1-7-18-16(20-11-13(2)3)19-10-8-9-15-21-22-17(24-6)23(15)12-14(4)5/h13-14H,7-12H2,1-6H3,(H2,18,19,20). The van der Waals surface area contributed by atoms with Crippen molar-refractivity contribution >= 4 is 17.7 Å². The number of aryl methyl sites for hydroxylation is 1. The second-order valence-electron chi connectivity index (χ2n) is 6.75. The molecule has 1 aromatic heterocycles. The van der Waals surface area contributed by atoms with Gasteiger partial charge in [-0.25, -0.2) is 0 Å². The second kappa shape index (κ2) is 11.3. The molecule has 0 bridgehead atoms. The zero-order chi connectivity index (χ0) is 17.9. The van der Waals surface area contributed by atoms with Crippen molar-refractivity contribution < 1.29 is 0 Å². The van der Waals surface area contributed by atoms with Crippen molar-refractivity contribution in [1.82, 2.24) is 25.4 Å². The van der Waals surface area contributed by atoms with Crippen molar-refractivity contribution in [2.75, 3.05) is 25.9 Å². The van der Waals surface area contributed by atoms with Crippen LogP contribution in [0.25, 0.3) is 0 Å². The van der Waals surface area contributed by atoms with Crippen molar-refractivity contribution in [3.05, 3.63) is 5.82 Å². The summed E-state index contributed by atoms with van der Waals surface area (Å²) < 4.78 is 2.26. The van der Waals surface area contributed by atoms with Crippen LogP contribution in [0.5, 0.6) is 0 Å². The number of aliphatic imine (C=N–C) groups is 1. The molecule has 2 N–H and O–H groups in total.